The summed E-state index contributed by atoms with van der Waals surface area (Å²) in [4.78, 5) is 14.7. The van der Waals surface area contributed by atoms with Crippen molar-refractivity contribution in [2.24, 2.45) is 0 Å². The molecule has 0 saturated carbocycles. The zero-order valence-corrected chi connectivity index (χ0v) is 16.1. The van der Waals surface area contributed by atoms with E-state index in [0.717, 1.165) is 28.2 Å². The smallest absolute Gasteiger partial charge is 0.223 e. The third-order valence-electron chi connectivity index (χ3n) is 4.65. The molecule has 0 unspecified atom stereocenters. The van der Waals surface area contributed by atoms with E-state index in [-0.39, 0.29) is 5.91 Å². The Hall–Kier alpha value is -3.47. The number of rotatable bonds is 9. The molecule has 0 bridgehead atoms. The Morgan fingerprint density at radius 1 is 0.897 bits per heavy atom. The van der Waals surface area contributed by atoms with Crippen LogP contribution in [0, 0.1) is 0 Å². The third-order valence-corrected chi connectivity index (χ3v) is 4.65. The summed E-state index contributed by atoms with van der Waals surface area (Å²) < 4.78 is 17.0. The third kappa shape index (κ3) is 5.08. The van der Waals surface area contributed by atoms with Crippen LogP contribution >= 0.6 is 0 Å². The maximum Gasteiger partial charge on any atom is 0.223 e. The van der Waals surface area contributed by atoms with Gasteiger partial charge in [-0.2, -0.15) is 0 Å². The van der Waals surface area contributed by atoms with Crippen LogP contribution in [0.15, 0.2) is 87.9 Å². The molecule has 0 N–H and O–H groups in total. The molecule has 5 heteroatoms. The van der Waals surface area contributed by atoms with Crippen molar-refractivity contribution in [1.29, 1.82) is 0 Å². The Kier molecular flexibility index (Phi) is 5.95. The second-order valence-electron chi connectivity index (χ2n) is 6.84. The van der Waals surface area contributed by atoms with Gasteiger partial charge in [0.05, 0.1) is 26.0 Å². The molecular weight excluding hydrogens is 366 g/mol. The number of amides is 1. The normalized spacial score (nSPS) is 10.9. The monoisotopic (exact) mass is 389 g/mol. The summed E-state index contributed by atoms with van der Waals surface area (Å²) in [5.41, 5.74) is 0.823. The number of carbonyl (C=O) groups is 1. The van der Waals surface area contributed by atoms with Gasteiger partial charge in [0.15, 0.2) is 0 Å². The van der Waals surface area contributed by atoms with Gasteiger partial charge in [0.2, 0.25) is 5.91 Å². The van der Waals surface area contributed by atoms with E-state index in [2.05, 4.69) is 0 Å². The molecule has 5 nitrogen and oxygen atoms in total. The van der Waals surface area contributed by atoms with Gasteiger partial charge < -0.3 is 18.5 Å². The van der Waals surface area contributed by atoms with Crippen molar-refractivity contribution < 1.29 is 18.4 Å². The maximum atomic E-state index is 12.9. The van der Waals surface area contributed by atoms with E-state index in [1.807, 2.05) is 72.8 Å². The van der Waals surface area contributed by atoms with Crippen LogP contribution in [0.5, 0.6) is 5.75 Å². The predicted molar refractivity (Wildman–Crippen MR) is 110 cm³/mol. The topological polar surface area (TPSA) is 55.8 Å². The molecule has 0 atom stereocenters. The first-order valence-corrected chi connectivity index (χ1v) is 9.73. The lowest BCUT2D eigenvalue weighted by molar-refractivity contribution is -0.133. The number of nitrogens with zero attached hydrogens (tertiary/aromatic N) is 1. The average Bonchev–Trinajstić information content (AvgIpc) is 3.40. The van der Waals surface area contributed by atoms with Crippen LogP contribution in [0.4, 0.5) is 0 Å². The van der Waals surface area contributed by atoms with Crippen molar-refractivity contribution in [3.8, 4) is 5.75 Å². The predicted octanol–water partition coefficient (Wildman–Crippen LogP) is 5.41. The van der Waals surface area contributed by atoms with Gasteiger partial charge in [0.25, 0.3) is 0 Å². The number of furan rings is 2. The van der Waals surface area contributed by atoms with Crippen molar-refractivity contribution in [2.75, 3.05) is 6.61 Å². The lowest BCUT2D eigenvalue weighted by Crippen LogP contribution is -2.30. The van der Waals surface area contributed by atoms with E-state index in [4.69, 9.17) is 13.6 Å². The fraction of sp³-hybridized carbons (Fsp3) is 0.208. The van der Waals surface area contributed by atoms with E-state index in [1.165, 1.54) is 0 Å². The molecule has 2 heterocycles. The van der Waals surface area contributed by atoms with Gasteiger partial charge in [-0.3, -0.25) is 4.79 Å². The van der Waals surface area contributed by atoms with Crippen LogP contribution in [0.2, 0.25) is 0 Å². The summed E-state index contributed by atoms with van der Waals surface area (Å²) in [5.74, 6) is 2.36. The number of benzene rings is 2. The molecule has 0 aliphatic heterocycles. The van der Waals surface area contributed by atoms with E-state index < -0.39 is 0 Å². The number of fused-ring (bicyclic) bond motifs is 1. The van der Waals surface area contributed by atoms with Gasteiger partial charge in [0.1, 0.15) is 22.9 Å². The molecule has 148 valence electrons. The minimum absolute atomic E-state index is 0.0403. The Morgan fingerprint density at radius 2 is 1.69 bits per heavy atom. The minimum atomic E-state index is 0.0403. The molecule has 1 amide bonds. The van der Waals surface area contributed by atoms with Gasteiger partial charge in [-0.15, -0.1) is 0 Å². The molecule has 2 aromatic heterocycles. The van der Waals surface area contributed by atoms with Crippen molar-refractivity contribution in [2.45, 2.75) is 25.9 Å². The SMILES string of the molecule is O=C(CCCOc1ccccc1)N(Cc1ccco1)Cc1cc2ccccc2o1. The summed E-state index contributed by atoms with van der Waals surface area (Å²) in [6, 6.07) is 23.1. The second kappa shape index (κ2) is 9.15. The second-order valence-corrected chi connectivity index (χ2v) is 6.84. The van der Waals surface area contributed by atoms with Crippen LogP contribution in [0.25, 0.3) is 11.0 Å². The maximum absolute atomic E-state index is 12.9. The van der Waals surface area contributed by atoms with Crippen LogP contribution in [-0.4, -0.2) is 17.4 Å². The number of carbonyl (C=O) groups excluding carboxylic acids is 1. The highest BCUT2D eigenvalue weighted by atomic mass is 16.5. The molecule has 2 aromatic carbocycles. The van der Waals surface area contributed by atoms with E-state index in [1.54, 1.807) is 11.2 Å². The van der Waals surface area contributed by atoms with E-state index in [0.29, 0.717) is 32.5 Å². The summed E-state index contributed by atoms with van der Waals surface area (Å²) in [6.45, 7) is 1.30. The molecule has 29 heavy (non-hydrogen) atoms. The molecule has 0 saturated heterocycles. The highest BCUT2D eigenvalue weighted by molar-refractivity contribution is 5.78. The zero-order chi connectivity index (χ0) is 19.9. The van der Waals surface area contributed by atoms with Crippen molar-refractivity contribution in [3.63, 3.8) is 0 Å². The molecule has 0 fully saturated rings. The summed E-state index contributed by atoms with van der Waals surface area (Å²) in [7, 11) is 0. The molecule has 4 aromatic rings. The molecule has 4 rings (SSSR count). The number of para-hydroxylation sites is 2. The quantitative estimate of drug-likeness (QED) is 0.359. The number of ether oxygens (including phenoxy) is 1. The first-order chi connectivity index (χ1) is 14.3. The lowest BCUT2D eigenvalue weighted by Gasteiger charge is -2.20. The van der Waals surface area contributed by atoms with E-state index in [9.17, 15) is 4.79 Å². The fourth-order valence-corrected chi connectivity index (χ4v) is 3.21. The Labute approximate surface area is 169 Å². The molecule has 0 radical (unpaired) electrons. The average molecular weight is 389 g/mol. The number of hydrogen-bond acceptors (Lipinski definition) is 4. The molecule has 0 spiro atoms. The summed E-state index contributed by atoms with van der Waals surface area (Å²) in [6.07, 6.45) is 2.66. The molecule has 0 aliphatic rings. The zero-order valence-electron chi connectivity index (χ0n) is 16.1. The van der Waals surface area contributed by atoms with Crippen molar-refractivity contribution in [1.82, 2.24) is 4.90 Å². The van der Waals surface area contributed by atoms with Gasteiger partial charge in [-0.25, -0.2) is 0 Å². The van der Waals surface area contributed by atoms with Crippen LogP contribution in [0.1, 0.15) is 24.4 Å². The van der Waals surface area contributed by atoms with Crippen molar-refractivity contribution >= 4 is 16.9 Å². The standard InChI is InChI=1S/C24H23NO4/c26-24(13-7-15-27-20-9-2-1-3-10-20)25(17-21-11-6-14-28-21)18-22-16-19-8-4-5-12-23(19)29-22/h1-6,8-12,14,16H,7,13,15,17-18H2. The van der Waals surface area contributed by atoms with E-state index >= 15 is 0 Å². The van der Waals surface area contributed by atoms with Crippen molar-refractivity contribution in [3.05, 3.63) is 90.6 Å². The molecule has 0 aliphatic carbocycles. The Bertz CT molecular complexity index is 1000. The van der Waals surface area contributed by atoms with Crippen LogP contribution in [-0.2, 0) is 17.9 Å². The first-order valence-electron chi connectivity index (χ1n) is 9.73. The lowest BCUT2D eigenvalue weighted by atomic mass is 10.2. The van der Waals surface area contributed by atoms with Gasteiger partial charge in [-0.1, -0.05) is 36.4 Å². The Morgan fingerprint density at radius 3 is 2.48 bits per heavy atom. The highest BCUT2D eigenvalue weighted by Gasteiger charge is 2.18. The van der Waals surface area contributed by atoms with Crippen LogP contribution in [0.3, 0.4) is 0 Å². The highest BCUT2D eigenvalue weighted by Crippen LogP contribution is 2.21. The largest absolute Gasteiger partial charge is 0.494 e. The van der Waals surface area contributed by atoms with Crippen LogP contribution < -0.4 is 4.74 Å². The summed E-state index contributed by atoms with van der Waals surface area (Å²) >= 11 is 0. The fourth-order valence-electron chi connectivity index (χ4n) is 3.21. The Balaban J connectivity index is 1.38. The molecular formula is C24H23NO4. The van der Waals surface area contributed by atoms with Gasteiger partial charge in [0, 0.05) is 11.8 Å². The first kappa shape index (κ1) is 18.9. The van der Waals surface area contributed by atoms with Gasteiger partial charge >= 0.3 is 0 Å². The minimum Gasteiger partial charge on any atom is -0.494 e. The summed E-state index contributed by atoms with van der Waals surface area (Å²) in [5, 5.41) is 1.03. The number of hydrogen-bond donors (Lipinski definition) is 0. The van der Waals surface area contributed by atoms with Gasteiger partial charge in [-0.05, 0) is 42.8 Å².